The van der Waals surface area contributed by atoms with Crippen LogP contribution >= 0.6 is 23.1 Å². The fourth-order valence-electron chi connectivity index (χ4n) is 2.96. The molecule has 144 valence electrons. The lowest BCUT2D eigenvalue weighted by atomic mass is 10.1. The molecule has 1 saturated heterocycles. The van der Waals surface area contributed by atoms with Gasteiger partial charge in [-0.2, -0.15) is 0 Å². The highest BCUT2D eigenvalue weighted by Gasteiger charge is 2.20. The summed E-state index contributed by atoms with van der Waals surface area (Å²) < 4.78 is 1.06. The van der Waals surface area contributed by atoms with Crippen molar-refractivity contribution in [1.82, 2.24) is 20.2 Å². The highest BCUT2D eigenvalue weighted by Crippen LogP contribution is 2.35. The van der Waals surface area contributed by atoms with E-state index in [-0.39, 0.29) is 5.91 Å². The molecule has 0 atom stereocenters. The molecule has 4 rings (SSSR count). The van der Waals surface area contributed by atoms with Crippen LogP contribution in [0.1, 0.15) is 15.9 Å². The number of aryl methyl sites for hydroxylation is 1. The number of hydrogen-bond acceptors (Lipinski definition) is 7. The van der Waals surface area contributed by atoms with Gasteiger partial charge in [-0.25, -0.2) is 9.97 Å². The molecule has 8 heteroatoms. The smallest absolute Gasteiger partial charge is 0.254 e. The second-order valence-electron chi connectivity index (χ2n) is 6.45. The van der Waals surface area contributed by atoms with Crippen LogP contribution in [0.25, 0.3) is 0 Å². The predicted octanol–water partition coefficient (Wildman–Crippen LogP) is 3.79. The predicted molar refractivity (Wildman–Crippen MR) is 114 cm³/mol. The number of carbonyl (C=O) groups is 1. The molecule has 1 aliphatic rings. The summed E-state index contributed by atoms with van der Waals surface area (Å²) >= 11 is 3.18. The number of piperazine rings is 1. The van der Waals surface area contributed by atoms with Crippen LogP contribution in [0.15, 0.2) is 57.9 Å². The molecule has 6 nitrogen and oxygen atoms in total. The van der Waals surface area contributed by atoms with E-state index in [1.807, 2.05) is 48.4 Å². The first-order valence-corrected chi connectivity index (χ1v) is 10.7. The maximum atomic E-state index is 12.9. The Morgan fingerprint density at radius 3 is 2.86 bits per heavy atom. The summed E-state index contributed by atoms with van der Waals surface area (Å²) in [6, 6.07) is 11.8. The number of thiazole rings is 1. The third-order valence-electron chi connectivity index (χ3n) is 4.45. The number of aromatic nitrogens is 2. The summed E-state index contributed by atoms with van der Waals surface area (Å²) in [6.45, 7) is 5.21. The lowest BCUT2D eigenvalue weighted by Crippen LogP contribution is -2.46. The lowest BCUT2D eigenvalue weighted by Gasteiger charge is -2.28. The van der Waals surface area contributed by atoms with Crippen LogP contribution in [-0.4, -0.2) is 47.0 Å². The second-order valence-corrected chi connectivity index (χ2v) is 8.85. The van der Waals surface area contributed by atoms with E-state index in [1.54, 1.807) is 29.3 Å². The van der Waals surface area contributed by atoms with Crippen molar-refractivity contribution in [2.24, 2.45) is 0 Å². The van der Waals surface area contributed by atoms with E-state index >= 15 is 0 Å². The van der Waals surface area contributed by atoms with Crippen molar-refractivity contribution in [3.63, 3.8) is 0 Å². The molecule has 1 amide bonds. The minimum atomic E-state index is 0.114. The zero-order valence-electron chi connectivity index (χ0n) is 15.5. The standard InChI is InChI=1S/C20H21N5OS2/c1-14-5-6-15(12-16(14)19(26)25-10-8-21-9-11-25)27-18-13-23-20(28-18)24-17-4-2-3-7-22-17/h2-7,12-13,21H,8-11H2,1H3,(H,22,23,24). The summed E-state index contributed by atoms with van der Waals surface area (Å²) in [5.41, 5.74) is 1.79. The van der Waals surface area contributed by atoms with Gasteiger partial charge in [-0.1, -0.05) is 35.2 Å². The van der Waals surface area contributed by atoms with Crippen molar-refractivity contribution < 1.29 is 4.79 Å². The van der Waals surface area contributed by atoms with Gasteiger partial charge in [0.1, 0.15) is 5.82 Å². The number of hydrogen-bond donors (Lipinski definition) is 2. The van der Waals surface area contributed by atoms with Crippen molar-refractivity contribution in [2.45, 2.75) is 16.0 Å². The normalized spacial score (nSPS) is 14.1. The number of pyridine rings is 1. The maximum absolute atomic E-state index is 12.9. The summed E-state index contributed by atoms with van der Waals surface area (Å²) in [5, 5.41) is 7.29. The number of carbonyl (C=O) groups excluding carboxylic acids is 1. The second kappa shape index (κ2) is 8.72. The van der Waals surface area contributed by atoms with Crippen LogP contribution in [0.4, 0.5) is 10.9 Å². The van der Waals surface area contributed by atoms with Gasteiger partial charge in [-0.15, -0.1) is 0 Å². The van der Waals surface area contributed by atoms with Crippen molar-refractivity contribution >= 4 is 40.0 Å². The van der Waals surface area contributed by atoms with Gasteiger partial charge in [-0.05, 0) is 36.8 Å². The van der Waals surface area contributed by atoms with Crippen LogP contribution in [0.5, 0.6) is 0 Å². The highest BCUT2D eigenvalue weighted by atomic mass is 32.2. The topological polar surface area (TPSA) is 70.2 Å². The minimum Gasteiger partial charge on any atom is -0.336 e. The zero-order chi connectivity index (χ0) is 19.3. The Labute approximate surface area is 172 Å². The first-order valence-electron chi connectivity index (χ1n) is 9.11. The number of benzene rings is 1. The average molecular weight is 412 g/mol. The van der Waals surface area contributed by atoms with E-state index in [2.05, 4.69) is 26.7 Å². The Kier molecular flexibility index (Phi) is 5.90. The van der Waals surface area contributed by atoms with Crippen molar-refractivity contribution in [1.29, 1.82) is 0 Å². The van der Waals surface area contributed by atoms with E-state index < -0.39 is 0 Å². The molecule has 0 saturated carbocycles. The molecule has 1 aromatic carbocycles. The quantitative estimate of drug-likeness (QED) is 0.666. The molecule has 0 radical (unpaired) electrons. The van der Waals surface area contributed by atoms with Gasteiger partial charge in [-0.3, -0.25) is 4.79 Å². The average Bonchev–Trinajstić information content (AvgIpc) is 3.17. The molecule has 3 heterocycles. The molecule has 0 unspecified atom stereocenters. The molecule has 0 spiro atoms. The molecule has 1 aliphatic heterocycles. The van der Waals surface area contributed by atoms with Gasteiger partial charge in [0, 0.05) is 42.8 Å². The summed E-state index contributed by atoms with van der Waals surface area (Å²) in [6.07, 6.45) is 3.59. The van der Waals surface area contributed by atoms with Crippen molar-refractivity contribution in [3.8, 4) is 0 Å². The molecule has 0 bridgehead atoms. The van der Waals surface area contributed by atoms with E-state index in [1.165, 1.54) is 0 Å². The first kappa shape index (κ1) is 18.9. The third-order valence-corrected chi connectivity index (χ3v) is 6.45. The van der Waals surface area contributed by atoms with Crippen LogP contribution in [0.3, 0.4) is 0 Å². The number of anilines is 2. The van der Waals surface area contributed by atoms with E-state index in [0.29, 0.717) is 0 Å². The Morgan fingerprint density at radius 2 is 2.07 bits per heavy atom. The SMILES string of the molecule is Cc1ccc(Sc2cnc(Nc3ccccn3)s2)cc1C(=O)N1CCNCC1. The summed E-state index contributed by atoms with van der Waals surface area (Å²) in [5.74, 6) is 0.885. The van der Waals surface area contributed by atoms with E-state index in [9.17, 15) is 4.79 Å². The Balaban J connectivity index is 1.47. The number of nitrogens with zero attached hydrogens (tertiary/aromatic N) is 3. The monoisotopic (exact) mass is 411 g/mol. The number of amides is 1. The maximum Gasteiger partial charge on any atom is 0.254 e. The molecular formula is C20H21N5OS2. The molecule has 0 aliphatic carbocycles. The Morgan fingerprint density at radius 1 is 1.21 bits per heavy atom. The van der Waals surface area contributed by atoms with E-state index in [4.69, 9.17) is 0 Å². The third kappa shape index (κ3) is 4.52. The molecule has 1 fully saturated rings. The van der Waals surface area contributed by atoms with Crippen molar-refractivity contribution in [3.05, 3.63) is 59.9 Å². The summed E-state index contributed by atoms with van der Waals surface area (Å²) in [4.78, 5) is 24.5. The lowest BCUT2D eigenvalue weighted by molar-refractivity contribution is 0.0735. The van der Waals surface area contributed by atoms with Crippen LogP contribution < -0.4 is 10.6 Å². The molecule has 2 aromatic heterocycles. The van der Waals surface area contributed by atoms with Gasteiger partial charge in [0.05, 0.1) is 10.4 Å². The number of rotatable bonds is 5. The molecular weight excluding hydrogens is 390 g/mol. The van der Waals surface area contributed by atoms with Gasteiger partial charge in [0.15, 0.2) is 5.13 Å². The summed E-state index contributed by atoms with van der Waals surface area (Å²) in [7, 11) is 0. The fraction of sp³-hybridized carbons (Fsp3) is 0.250. The van der Waals surface area contributed by atoms with Gasteiger partial charge < -0.3 is 15.5 Å². The molecule has 2 N–H and O–H groups in total. The highest BCUT2D eigenvalue weighted by molar-refractivity contribution is 8.01. The first-order chi connectivity index (χ1) is 13.7. The minimum absolute atomic E-state index is 0.114. The Bertz CT molecular complexity index is 954. The van der Waals surface area contributed by atoms with Crippen LogP contribution in [0, 0.1) is 6.92 Å². The molecule has 3 aromatic rings. The fourth-order valence-corrected chi connectivity index (χ4v) is 4.86. The van der Waals surface area contributed by atoms with Crippen LogP contribution in [-0.2, 0) is 0 Å². The van der Waals surface area contributed by atoms with Gasteiger partial charge in [0.25, 0.3) is 5.91 Å². The van der Waals surface area contributed by atoms with Gasteiger partial charge in [0.2, 0.25) is 0 Å². The largest absolute Gasteiger partial charge is 0.336 e. The van der Waals surface area contributed by atoms with E-state index in [0.717, 1.165) is 57.4 Å². The van der Waals surface area contributed by atoms with Crippen LogP contribution in [0.2, 0.25) is 0 Å². The molecule has 28 heavy (non-hydrogen) atoms. The Hall–Kier alpha value is -2.42. The number of nitrogens with one attached hydrogen (secondary N) is 2. The van der Waals surface area contributed by atoms with Crippen molar-refractivity contribution in [2.75, 3.05) is 31.5 Å². The van der Waals surface area contributed by atoms with Gasteiger partial charge >= 0.3 is 0 Å². The zero-order valence-corrected chi connectivity index (χ0v) is 17.1.